The highest BCUT2D eigenvalue weighted by Gasteiger charge is 2.46. The van der Waals surface area contributed by atoms with Crippen LogP contribution in [0.5, 0.6) is 11.5 Å². The summed E-state index contributed by atoms with van der Waals surface area (Å²) in [5.74, 6) is 0.0766. The zero-order valence-corrected chi connectivity index (χ0v) is 21.9. The van der Waals surface area contributed by atoms with Gasteiger partial charge in [-0.1, -0.05) is 55.8 Å². The van der Waals surface area contributed by atoms with Gasteiger partial charge in [-0.05, 0) is 66.8 Å². The Balaban J connectivity index is 1.52. The molecule has 2 aliphatic rings. The predicted molar refractivity (Wildman–Crippen MR) is 146 cm³/mol. The number of Topliss-reactive ketones (excluding diaryl/α,β-unsaturated/α-hetero) is 1. The summed E-state index contributed by atoms with van der Waals surface area (Å²) < 4.78 is 11.6. The second-order valence-electron chi connectivity index (χ2n) is 9.95. The number of carbonyl (C=O) groups is 2. The lowest BCUT2D eigenvalue weighted by atomic mass is 9.94. The number of unbranched alkanes of at least 4 members (excludes halogenated alkanes) is 1. The number of fused-ring (bicyclic) bond motifs is 1. The molecule has 2 unspecified atom stereocenters. The van der Waals surface area contributed by atoms with E-state index < -0.39 is 17.7 Å². The maximum atomic E-state index is 13.4. The molecule has 38 heavy (non-hydrogen) atoms. The molecule has 6 nitrogen and oxygen atoms in total. The summed E-state index contributed by atoms with van der Waals surface area (Å²) in [6.07, 6.45) is 3.39. The van der Waals surface area contributed by atoms with Gasteiger partial charge in [0.1, 0.15) is 23.4 Å². The number of benzene rings is 3. The number of rotatable bonds is 9. The van der Waals surface area contributed by atoms with Crippen molar-refractivity contribution in [3.63, 3.8) is 0 Å². The van der Waals surface area contributed by atoms with Crippen molar-refractivity contribution in [3.8, 4) is 11.5 Å². The van der Waals surface area contributed by atoms with Crippen molar-refractivity contribution >= 4 is 17.4 Å². The number of ether oxygens (including phenoxy) is 2. The van der Waals surface area contributed by atoms with Crippen LogP contribution in [-0.4, -0.2) is 41.0 Å². The van der Waals surface area contributed by atoms with Crippen molar-refractivity contribution in [1.29, 1.82) is 0 Å². The fraction of sp³-hybridized carbons (Fsp3) is 0.312. The molecule has 2 aliphatic heterocycles. The van der Waals surface area contributed by atoms with Gasteiger partial charge in [-0.25, -0.2) is 0 Å². The third kappa shape index (κ3) is 5.17. The van der Waals surface area contributed by atoms with Crippen LogP contribution in [0.3, 0.4) is 0 Å². The normalized spacial score (nSPS) is 19.9. The minimum atomic E-state index is -0.702. The molecule has 2 heterocycles. The van der Waals surface area contributed by atoms with E-state index in [-0.39, 0.29) is 17.4 Å². The van der Waals surface area contributed by atoms with Gasteiger partial charge < -0.3 is 19.5 Å². The Bertz CT molecular complexity index is 1350. The minimum Gasteiger partial charge on any atom is -0.507 e. The Morgan fingerprint density at radius 1 is 1.05 bits per heavy atom. The van der Waals surface area contributed by atoms with E-state index in [1.807, 2.05) is 73.7 Å². The monoisotopic (exact) mass is 511 g/mol. The van der Waals surface area contributed by atoms with Crippen LogP contribution in [0.15, 0.2) is 78.4 Å². The Labute approximate surface area is 223 Å². The third-order valence-electron chi connectivity index (χ3n) is 7.16. The smallest absolute Gasteiger partial charge is 0.295 e. The van der Waals surface area contributed by atoms with Gasteiger partial charge in [0.25, 0.3) is 11.7 Å². The number of likely N-dealkylation sites (tertiary alicyclic amines) is 1. The molecule has 1 amide bonds. The van der Waals surface area contributed by atoms with Crippen LogP contribution in [0, 0.1) is 0 Å². The molecule has 1 saturated heterocycles. The molecular weight excluding hydrogens is 478 g/mol. The number of aliphatic hydroxyl groups is 1. The first-order valence-corrected chi connectivity index (χ1v) is 13.3. The van der Waals surface area contributed by atoms with Gasteiger partial charge in [0.15, 0.2) is 0 Å². The van der Waals surface area contributed by atoms with E-state index in [1.54, 1.807) is 11.0 Å². The Kier molecular flexibility index (Phi) is 7.50. The van der Waals surface area contributed by atoms with Crippen molar-refractivity contribution in [2.24, 2.45) is 0 Å². The van der Waals surface area contributed by atoms with Crippen LogP contribution in [0.1, 0.15) is 55.0 Å². The summed E-state index contributed by atoms with van der Waals surface area (Å²) in [4.78, 5) is 28.3. The molecule has 0 aliphatic carbocycles. The van der Waals surface area contributed by atoms with Crippen LogP contribution in [-0.2, 0) is 22.4 Å². The van der Waals surface area contributed by atoms with Crippen LogP contribution in [0.2, 0.25) is 0 Å². The lowest BCUT2D eigenvalue weighted by Crippen LogP contribution is -2.31. The molecule has 1 fully saturated rings. The molecule has 5 rings (SSSR count). The summed E-state index contributed by atoms with van der Waals surface area (Å²) in [5.41, 5.74) is 3.41. The minimum absolute atomic E-state index is 0.0593. The highest BCUT2D eigenvalue weighted by molar-refractivity contribution is 6.46. The molecule has 2 atom stereocenters. The molecule has 0 radical (unpaired) electrons. The molecule has 0 aromatic heterocycles. The van der Waals surface area contributed by atoms with Crippen molar-refractivity contribution in [2.45, 2.75) is 51.7 Å². The molecular formula is C32H33NO5. The Hall–Kier alpha value is -4.06. The van der Waals surface area contributed by atoms with E-state index in [1.165, 1.54) is 0 Å². The second-order valence-corrected chi connectivity index (χ2v) is 9.95. The molecule has 1 N–H and O–H groups in total. The topological polar surface area (TPSA) is 76.1 Å². The largest absolute Gasteiger partial charge is 0.507 e. The van der Waals surface area contributed by atoms with E-state index in [0.717, 1.165) is 47.5 Å². The zero-order chi connectivity index (χ0) is 26.6. The first kappa shape index (κ1) is 25.6. The quantitative estimate of drug-likeness (QED) is 0.169. The van der Waals surface area contributed by atoms with Gasteiger partial charge in [-0.3, -0.25) is 9.59 Å². The molecule has 3 aromatic rings. The lowest BCUT2D eigenvalue weighted by Gasteiger charge is -2.25. The molecule has 3 aromatic carbocycles. The van der Waals surface area contributed by atoms with E-state index >= 15 is 0 Å². The van der Waals surface area contributed by atoms with Gasteiger partial charge in [-0.2, -0.15) is 0 Å². The van der Waals surface area contributed by atoms with Crippen molar-refractivity contribution < 1.29 is 24.2 Å². The highest BCUT2D eigenvalue weighted by Crippen LogP contribution is 2.41. The fourth-order valence-corrected chi connectivity index (χ4v) is 5.16. The van der Waals surface area contributed by atoms with Crippen molar-refractivity contribution in [3.05, 3.63) is 101 Å². The van der Waals surface area contributed by atoms with Gasteiger partial charge in [-0.15, -0.1) is 0 Å². The number of ketones is 1. The lowest BCUT2D eigenvalue weighted by molar-refractivity contribution is -0.139. The van der Waals surface area contributed by atoms with E-state index in [9.17, 15) is 14.7 Å². The van der Waals surface area contributed by atoms with Crippen LogP contribution in [0.4, 0.5) is 0 Å². The predicted octanol–water partition coefficient (Wildman–Crippen LogP) is 5.85. The number of amides is 1. The average molecular weight is 512 g/mol. The average Bonchev–Trinajstić information content (AvgIpc) is 3.43. The van der Waals surface area contributed by atoms with E-state index in [2.05, 4.69) is 6.92 Å². The fourth-order valence-electron chi connectivity index (χ4n) is 5.16. The van der Waals surface area contributed by atoms with Crippen molar-refractivity contribution in [2.75, 3.05) is 13.2 Å². The summed E-state index contributed by atoms with van der Waals surface area (Å²) in [6.45, 7) is 5.08. The highest BCUT2D eigenvalue weighted by atomic mass is 16.5. The van der Waals surface area contributed by atoms with Crippen LogP contribution < -0.4 is 9.47 Å². The zero-order valence-electron chi connectivity index (χ0n) is 21.9. The van der Waals surface area contributed by atoms with E-state index in [4.69, 9.17) is 9.47 Å². The summed E-state index contributed by atoms with van der Waals surface area (Å²) in [5, 5.41) is 11.5. The van der Waals surface area contributed by atoms with Crippen LogP contribution in [0.25, 0.3) is 5.76 Å². The van der Waals surface area contributed by atoms with E-state index in [0.29, 0.717) is 25.1 Å². The number of hydrogen-bond donors (Lipinski definition) is 1. The molecule has 0 spiro atoms. The number of hydrogen-bond acceptors (Lipinski definition) is 5. The maximum absolute atomic E-state index is 13.4. The summed E-state index contributed by atoms with van der Waals surface area (Å²) >= 11 is 0. The maximum Gasteiger partial charge on any atom is 0.295 e. The molecule has 6 heteroatoms. The standard InChI is InChI=1S/C32H33NO5/c1-3-4-18-37-26-13-10-23(11-14-26)29-28(30(34)24-12-15-27-25(20-24)19-21(2)38-27)31(35)32(36)33(29)17-16-22-8-6-5-7-9-22/h5-15,20-21,29,34H,3-4,16-19H2,1-2H3. The summed E-state index contributed by atoms with van der Waals surface area (Å²) in [6, 6.07) is 22.0. The third-order valence-corrected chi connectivity index (χ3v) is 7.16. The van der Waals surface area contributed by atoms with Crippen molar-refractivity contribution in [1.82, 2.24) is 4.90 Å². The second kappa shape index (κ2) is 11.1. The molecule has 0 bridgehead atoms. The molecule has 196 valence electrons. The number of carbonyl (C=O) groups excluding carboxylic acids is 2. The van der Waals surface area contributed by atoms with Gasteiger partial charge >= 0.3 is 0 Å². The van der Waals surface area contributed by atoms with Gasteiger partial charge in [0.05, 0.1) is 18.2 Å². The number of nitrogens with zero attached hydrogens (tertiary/aromatic N) is 1. The van der Waals surface area contributed by atoms with Gasteiger partial charge in [0, 0.05) is 18.5 Å². The number of aliphatic hydroxyl groups excluding tert-OH is 1. The van der Waals surface area contributed by atoms with Gasteiger partial charge in [0.2, 0.25) is 0 Å². The Morgan fingerprint density at radius 3 is 2.55 bits per heavy atom. The van der Waals surface area contributed by atoms with Crippen LogP contribution >= 0.6 is 0 Å². The Morgan fingerprint density at radius 2 is 1.82 bits per heavy atom. The summed E-state index contributed by atoms with van der Waals surface area (Å²) in [7, 11) is 0. The SMILES string of the molecule is CCCCOc1ccc(C2C(=C(O)c3ccc4c(c3)CC(C)O4)C(=O)C(=O)N2CCc2ccccc2)cc1. The molecule has 0 saturated carbocycles. The first-order chi connectivity index (χ1) is 18.5. The first-order valence-electron chi connectivity index (χ1n) is 13.3.